The molecule has 0 atom stereocenters. The Morgan fingerprint density at radius 3 is 2.65 bits per heavy atom. The topological polar surface area (TPSA) is 55.6 Å². The van der Waals surface area contributed by atoms with Crippen LogP contribution < -0.4 is 10.2 Å². The van der Waals surface area contributed by atoms with E-state index < -0.39 is 0 Å². The van der Waals surface area contributed by atoms with E-state index in [1.165, 1.54) is 0 Å². The van der Waals surface area contributed by atoms with Crippen LogP contribution in [-0.2, 0) is 0 Å². The average Bonchev–Trinajstić information content (AvgIpc) is 3.12. The van der Waals surface area contributed by atoms with Gasteiger partial charge in [-0.2, -0.15) is 5.10 Å². The predicted molar refractivity (Wildman–Crippen MR) is 104 cm³/mol. The first-order chi connectivity index (χ1) is 12.6. The van der Waals surface area contributed by atoms with Crippen LogP contribution >= 0.6 is 11.6 Å². The van der Waals surface area contributed by atoms with Crippen molar-refractivity contribution < 1.29 is 9.53 Å². The van der Waals surface area contributed by atoms with Gasteiger partial charge in [0.15, 0.2) is 0 Å². The lowest BCUT2D eigenvalue weighted by Crippen LogP contribution is -2.17. The van der Waals surface area contributed by atoms with Crippen LogP contribution in [0.4, 0.5) is 0 Å². The van der Waals surface area contributed by atoms with Gasteiger partial charge in [0, 0.05) is 22.5 Å². The number of halogens is 1. The third-order valence-electron chi connectivity index (χ3n) is 3.93. The fourth-order valence-electron chi connectivity index (χ4n) is 2.43. The lowest BCUT2D eigenvalue weighted by atomic mass is 10.2. The van der Waals surface area contributed by atoms with Gasteiger partial charge in [0.25, 0.3) is 5.91 Å². The summed E-state index contributed by atoms with van der Waals surface area (Å²) in [5, 5.41) is 4.75. The molecule has 0 saturated heterocycles. The average molecular weight is 368 g/mol. The van der Waals surface area contributed by atoms with Gasteiger partial charge in [0.1, 0.15) is 5.75 Å². The van der Waals surface area contributed by atoms with Crippen LogP contribution in [0.15, 0.2) is 65.9 Å². The normalized spacial score (nSPS) is 10.9. The number of carbonyl (C=O) groups excluding carboxylic acids is 1. The molecule has 1 amide bonds. The van der Waals surface area contributed by atoms with E-state index in [2.05, 4.69) is 10.5 Å². The fourth-order valence-corrected chi connectivity index (χ4v) is 2.60. The molecule has 0 spiro atoms. The molecule has 1 aromatic heterocycles. The van der Waals surface area contributed by atoms with Crippen molar-refractivity contribution in [2.75, 3.05) is 7.11 Å². The molecule has 1 N–H and O–H groups in total. The number of carbonyl (C=O) groups is 1. The monoisotopic (exact) mass is 367 g/mol. The van der Waals surface area contributed by atoms with Gasteiger partial charge in [-0.1, -0.05) is 17.7 Å². The number of amides is 1. The fraction of sp³-hybridized carbons (Fsp3) is 0.100. The summed E-state index contributed by atoms with van der Waals surface area (Å²) >= 11 is 6.21. The molecule has 0 aliphatic rings. The molecule has 0 radical (unpaired) electrons. The molecule has 0 bridgehead atoms. The highest BCUT2D eigenvalue weighted by Gasteiger charge is 2.06. The summed E-state index contributed by atoms with van der Waals surface area (Å²) in [6.45, 7) is 1.96. The molecule has 0 aliphatic heterocycles. The number of ether oxygens (including phenoxy) is 1. The molecule has 6 heteroatoms. The summed E-state index contributed by atoms with van der Waals surface area (Å²) in [5.74, 6) is 0.403. The number of hydrazone groups is 1. The van der Waals surface area contributed by atoms with Crippen LogP contribution in [0.5, 0.6) is 5.75 Å². The van der Waals surface area contributed by atoms with Gasteiger partial charge in [0.2, 0.25) is 0 Å². The molecule has 3 rings (SSSR count). The Hall–Kier alpha value is -3.05. The SMILES string of the molecule is COc1ccc(C(=O)N/N=C\c2cccn2-c2ccc(C)c(Cl)c2)cc1. The van der Waals surface area contributed by atoms with E-state index in [0.29, 0.717) is 16.3 Å². The minimum Gasteiger partial charge on any atom is -0.497 e. The highest BCUT2D eigenvalue weighted by molar-refractivity contribution is 6.31. The highest BCUT2D eigenvalue weighted by atomic mass is 35.5. The maximum Gasteiger partial charge on any atom is 0.271 e. The van der Waals surface area contributed by atoms with Crippen molar-refractivity contribution in [1.82, 2.24) is 9.99 Å². The van der Waals surface area contributed by atoms with Crippen LogP contribution in [-0.4, -0.2) is 23.8 Å². The first kappa shape index (κ1) is 17.8. The van der Waals surface area contributed by atoms with Crippen molar-refractivity contribution in [2.24, 2.45) is 5.10 Å². The summed E-state index contributed by atoms with van der Waals surface area (Å²) in [7, 11) is 1.58. The van der Waals surface area contributed by atoms with E-state index in [0.717, 1.165) is 16.9 Å². The van der Waals surface area contributed by atoms with Crippen molar-refractivity contribution in [1.29, 1.82) is 0 Å². The molecule has 0 fully saturated rings. The third kappa shape index (κ3) is 3.95. The maximum atomic E-state index is 12.1. The van der Waals surface area contributed by atoms with E-state index in [4.69, 9.17) is 16.3 Å². The molecule has 132 valence electrons. The third-order valence-corrected chi connectivity index (χ3v) is 4.34. The van der Waals surface area contributed by atoms with Crippen LogP contribution in [0.1, 0.15) is 21.6 Å². The number of methoxy groups -OCH3 is 1. The Balaban J connectivity index is 1.72. The van der Waals surface area contributed by atoms with Gasteiger partial charge in [0.05, 0.1) is 19.0 Å². The summed E-state index contributed by atoms with van der Waals surface area (Å²) in [5.41, 5.74) is 5.79. The molecular weight excluding hydrogens is 350 g/mol. The molecule has 3 aromatic rings. The number of aryl methyl sites for hydroxylation is 1. The zero-order valence-corrected chi connectivity index (χ0v) is 15.2. The lowest BCUT2D eigenvalue weighted by molar-refractivity contribution is 0.0955. The van der Waals surface area contributed by atoms with Crippen molar-refractivity contribution in [3.8, 4) is 11.4 Å². The molecule has 0 unspecified atom stereocenters. The Labute approximate surface area is 156 Å². The van der Waals surface area contributed by atoms with Gasteiger partial charge >= 0.3 is 0 Å². The number of nitrogens with one attached hydrogen (secondary N) is 1. The zero-order chi connectivity index (χ0) is 18.5. The van der Waals surface area contributed by atoms with Gasteiger partial charge in [-0.15, -0.1) is 0 Å². The zero-order valence-electron chi connectivity index (χ0n) is 14.4. The predicted octanol–water partition coefficient (Wildman–Crippen LogP) is 4.21. The van der Waals surface area contributed by atoms with E-state index in [1.807, 2.05) is 48.0 Å². The van der Waals surface area contributed by atoms with Gasteiger partial charge in [-0.25, -0.2) is 5.43 Å². The largest absolute Gasteiger partial charge is 0.497 e. The number of nitrogens with zero attached hydrogens (tertiary/aromatic N) is 2. The summed E-state index contributed by atoms with van der Waals surface area (Å²) in [6, 6.07) is 16.5. The molecule has 0 aliphatic carbocycles. The second-order valence-electron chi connectivity index (χ2n) is 5.66. The highest BCUT2D eigenvalue weighted by Crippen LogP contribution is 2.20. The lowest BCUT2D eigenvalue weighted by Gasteiger charge is -2.08. The smallest absolute Gasteiger partial charge is 0.271 e. The molecule has 1 heterocycles. The first-order valence-electron chi connectivity index (χ1n) is 8.00. The van der Waals surface area contributed by atoms with Crippen LogP contribution in [0.25, 0.3) is 5.69 Å². The van der Waals surface area contributed by atoms with Crippen molar-refractivity contribution in [3.05, 3.63) is 82.6 Å². The molecular formula is C20H18ClN3O2. The molecule has 26 heavy (non-hydrogen) atoms. The number of aromatic nitrogens is 1. The van der Waals surface area contributed by atoms with E-state index in [9.17, 15) is 4.79 Å². The van der Waals surface area contributed by atoms with Crippen molar-refractivity contribution >= 4 is 23.7 Å². The Morgan fingerprint density at radius 2 is 1.96 bits per heavy atom. The first-order valence-corrected chi connectivity index (χ1v) is 8.37. The summed E-state index contributed by atoms with van der Waals surface area (Å²) in [4.78, 5) is 12.1. The van der Waals surface area contributed by atoms with Crippen LogP contribution in [0.2, 0.25) is 5.02 Å². The number of rotatable bonds is 5. The second kappa shape index (κ2) is 7.89. The van der Waals surface area contributed by atoms with Crippen LogP contribution in [0.3, 0.4) is 0 Å². The van der Waals surface area contributed by atoms with Crippen molar-refractivity contribution in [2.45, 2.75) is 6.92 Å². The number of benzene rings is 2. The minimum atomic E-state index is -0.291. The number of hydrogen-bond acceptors (Lipinski definition) is 3. The number of hydrogen-bond donors (Lipinski definition) is 1. The molecule has 0 saturated carbocycles. The quantitative estimate of drug-likeness (QED) is 0.542. The second-order valence-corrected chi connectivity index (χ2v) is 6.07. The molecule has 2 aromatic carbocycles. The standard InChI is InChI=1S/C20H18ClN3O2/c1-14-5-8-16(12-19(14)21)24-11-3-4-17(24)13-22-23-20(25)15-6-9-18(26-2)10-7-15/h3-13H,1-2H3,(H,23,25)/b22-13-. The Kier molecular flexibility index (Phi) is 5.39. The van der Waals surface area contributed by atoms with E-state index >= 15 is 0 Å². The summed E-state index contributed by atoms with van der Waals surface area (Å²) < 4.78 is 7.02. The summed E-state index contributed by atoms with van der Waals surface area (Å²) in [6.07, 6.45) is 3.50. The van der Waals surface area contributed by atoms with Gasteiger partial charge in [-0.3, -0.25) is 4.79 Å². The van der Waals surface area contributed by atoms with E-state index in [-0.39, 0.29) is 5.91 Å². The molecule has 5 nitrogen and oxygen atoms in total. The Bertz CT molecular complexity index is 946. The maximum absolute atomic E-state index is 12.1. The Morgan fingerprint density at radius 1 is 1.19 bits per heavy atom. The van der Waals surface area contributed by atoms with Gasteiger partial charge < -0.3 is 9.30 Å². The minimum absolute atomic E-state index is 0.291. The van der Waals surface area contributed by atoms with Gasteiger partial charge in [-0.05, 0) is 61.0 Å². The van der Waals surface area contributed by atoms with E-state index in [1.54, 1.807) is 37.6 Å². The van der Waals surface area contributed by atoms with Crippen molar-refractivity contribution in [3.63, 3.8) is 0 Å². The van der Waals surface area contributed by atoms with Crippen LogP contribution in [0, 0.1) is 6.92 Å².